The Balaban J connectivity index is 1.71. The zero-order valence-corrected chi connectivity index (χ0v) is 15.0. The highest BCUT2D eigenvalue weighted by Crippen LogP contribution is 2.11. The minimum Gasteiger partial charge on any atom is -0.357 e. The van der Waals surface area contributed by atoms with Gasteiger partial charge in [0.15, 0.2) is 5.78 Å². The Labute approximate surface area is 153 Å². The van der Waals surface area contributed by atoms with Crippen molar-refractivity contribution in [1.29, 1.82) is 0 Å². The van der Waals surface area contributed by atoms with E-state index in [0.717, 1.165) is 12.8 Å². The van der Waals surface area contributed by atoms with Crippen LogP contribution in [-0.2, 0) is 11.2 Å². The number of carbonyl (C=O) groups is 3. The summed E-state index contributed by atoms with van der Waals surface area (Å²) in [5, 5.41) is 0. The zero-order chi connectivity index (χ0) is 18.8. The van der Waals surface area contributed by atoms with Crippen LogP contribution in [-0.4, -0.2) is 22.6 Å². The maximum Gasteiger partial charge on any atom is 0.286 e. The van der Waals surface area contributed by atoms with Crippen LogP contribution in [0.15, 0.2) is 42.6 Å². The number of aromatic nitrogens is 1. The lowest BCUT2D eigenvalue weighted by atomic mass is 10.0. The molecule has 138 valence electrons. The van der Waals surface area contributed by atoms with Crippen molar-refractivity contribution in [1.82, 2.24) is 15.8 Å². The van der Waals surface area contributed by atoms with Crippen LogP contribution in [0.4, 0.5) is 0 Å². The van der Waals surface area contributed by atoms with Gasteiger partial charge in [-0.3, -0.25) is 25.2 Å². The first-order chi connectivity index (χ1) is 12.6. The molecule has 6 nitrogen and oxygen atoms in total. The van der Waals surface area contributed by atoms with Crippen molar-refractivity contribution in [2.75, 3.05) is 0 Å². The summed E-state index contributed by atoms with van der Waals surface area (Å²) < 4.78 is 0. The van der Waals surface area contributed by atoms with Gasteiger partial charge in [-0.1, -0.05) is 44.0 Å². The van der Waals surface area contributed by atoms with Crippen molar-refractivity contribution >= 4 is 17.6 Å². The highest BCUT2D eigenvalue weighted by Gasteiger charge is 2.11. The molecule has 6 heteroatoms. The van der Waals surface area contributed by atoms with Gasteiger partial charge in [0.1, 0.15) is 5.69 Å². The van der Waals surface area contributed by atoms with E-state index in [1.165, 1.54) is 18.4 Å². The molecule has 0 atom stereocenters. The lowest BCUT2D eigenvalue weighted by Gasteiger charge is -2.07. The van der Waals surface area contributed by atoms with Gasteiger partial charge in [-0.25, -0.2) is 0 Å². The Kier molecular flexibility index (Phi) is 7.61. The third-order valence-corrected chi connectivity index (χ3v) is 4.08. The normalized spacial score (nSPS) is 10.3. The van der Waals surface area contributed by atoms with E-state index in [-0.39, 0.29) is 18.6 Å². The number of Topliss-reactive ketones (excluding diaryl/α,β-unsaturated/α-hetero) is 1. The molecule has 0 saturated heterocycles. The molecule has 0 saturated carbocycles. The molecule has 2 aromatic rings. The molecule has 0 aliphatic carbocycles. The maximum atomic E-state index is 12.2. The summed E-state index contributed by atoms with van der Waals surface area (Å²) in [6, 6.07) is 10.9. The molecule has 1 aromatic heterocycles. The molecule has 1 aromatic carbocycles. The number of nitrogens with one attached hydrogen (secondary N) is 3. The van der Waals surface area contributed by atoms with E-state index in [4.69, 9.17) is 0 Å². The number of hydrogen-bond acceptors (Lipinski definition) is 3. The number of benzene rings is 1. The van der Waals surface area contributed by atoms with Crippen LogP contribution in [0, 0.1) is 0 Å². The lowest BCUT2D eigenvalue weighted by molar-refractivity contribution is -0.121. The topological polar surface area (TPSA) is 91.1 Å². The average molecular weight is 355 g/mol. The summed E-state index contributed by atoms with van der Waals surface area (Å²) in [5.41, 5.74) is 6.78. The fourth-order valence-electron chi connectivity index (χ4n) is 2.54. The van der Waals surface area contributed by atoms with Crippen LogP contribution >= 0.6 is 0 Å². The third kappa shape index (κ3) is 6.20. The SMILES string of the molecule is CCCCCc1ccc(C(=O)CCC(=O)NNC(=O)c2ccc[nH]2)cc1. The largest absolute Gasteiger partial charge is 0.357 e. The molecular formula is C20H25N3O3. The van der Waals surface area contributed by atoms with E-state index in [9.17, 15) is 14.4 Å². The molecule has 26 heavy (non-hydrogen) atoms. The minimum atomic E-state index is -0.437. The summed E-state index contributed by atoms with van der Waals surface area (Å²) in [7, 11) is 0. The second-order valence-corrected chi connectivity index (χ2v) is 6.16. The Morgan fingerprint density at radius 2 is 1.73 bits per heavy atom. The molecule has 0 aliphatic rings. The van der Waals surface area contributed by atoms with Gasteiger partial charge in [0.05, 0.1) is 0 Å². The Hall–Kier alpha value is -2.89. The van der Waals surface area contributed by atoms with Crippen molar-refractivity contribution in [2.24, 2.45) is 0 Å². The van der Waals surface area contributed by atoms with E-state index >= 15 is 0 Å². The first-order valence-corrected chi connectivity index (χ1v) is 8.95. The standard InChI is InChI=1S/C20H25N3O3/c1-2-3-4-6-15-8-10-16(11-9-15)18(24)12-13-19(25)22-23-20(26)17-7-5-14-21-17/h5,7-11,14,21H,2-4,6,12-13H2,1H3,(H,22,25)(H,23,26). The number of unbranched alkanes of at least 4 members (excludes halogenated alkanes) is 2. The average Bonchev–Trinajstić information content (AvgIpc) is 3.20. The predicted molar refractivity (Wildman–Crippen MR) is 99.6 cm³/mol. The second-order valence-electron chi connectivity index (χ2n) is 6.16. The summed E-state index contributed by atoms with van der Waals surface area (Å²) in [4.78, 5) is 38.3. The van der Waals surface area contributed by atoms with Crippen LogP contribution in [0.3, 0.4) is 0 Å². The van der Waals surface area contributed by atoms with Crippen molar-refractivity contribution in [3.8, 4) is 0 Å². The minimum absolute atomic E-state index is 0.0160. The Morgan fingerprint density at radius 1 is 0.962 bits per heavy atom. The number of carbonyl (C=O) groups excluding carboxylic acids is 3. The summed E-state index contributed by atoms with van der Waals surface area (Å²) in [6.45, 7) is 2.17. The second kappa shape index (κ2) is 10.2. The van der Waals surface area contributed by atoms with Crippen molar-refractivity contribution in [3.05, 3.63) is 59.4 Å². The fraction of sp³-hybridized carbons (Fsp3) is 0.350. The Morgan fingerprint density at radius 3 is 2.38 bits per heavy atom. The van der Waals surface area contributed by atoms with Crippen molar-refractivity contribution < 1.29 is 14.4 Å². The highest BCUT2D eigenvalue weighted by atomic mass is 16.2. The van der Waals surface area contributed by atoms with Gasteiger partial charge in [0, 0.05) is 24.6 Å². The molecule has 0 bridgehead atoms. The van der Waals surface area contributed by atoms with Gasteiger partial charge in [0.2, 0.25) is 5.91 Å². The van der Waals surface area contributed by atoms with Crippen LogP contribution < -0.4 is 10.9 Å². The van der Waals surface area contributed by atoms with E-state index in [1.54, 1.807) is 18.3 Å². The molecule has 0 fully saturated rings. The molecule has 1 heterocycles. The van der Waals surface area contributed by atoms with E-state index in [1.807, 2.05) is 24.3 Å². The molecule has 0 radical (unpaired) electrons. The van der Waals surface area contributed by atoms with Gasteiger partial charge < -0.3 is 4.98 Å². The van der Waals surface area contributed by atoms with Gasteiger partial charge in [-0.2, -0.15) is 0 Å². The number of amides is 2. The summed E-state index contributed by atoms with van der Waals surface area (Å²) in [6.07, 6.45) is 6.29. The van der Waals surface area contributed by atoms with Gasteiger partial charge >= 0.3 is 0 Å². The van der Waals surface area contributed by atoms with Gasteiger partial charge in [0.25, 0.3) is 5.91 Å². The van der Waals surface area contributed by atoms with Crippen molar-refractivity contribution in [3.63, 3.8) is 0 Å². The summed E-state index contributed by atoms with van der Waals surface area (Å²) in [5.74, 6) is -0.932. The first-order valence-electron chi connectivity index (χ1n) is 8.95. The Bertz CT molecular complexity index is 721. The number of aryl methyl sites for hydroxylation is 1. The number of ketones is 1. The predicted octanol–water partition coefficient (Wildman–Crippen LogP) is 3.17. The third-order valence-electron chi connectivity index (χ3n) is 4.08. The van der Waals surface area contributed by atoms with Gasteiger partial charge in [-0.15, -0.1) is 0 Å². The van der Waals surface area contributed by atoms with Crippen LogP contribution in [0.25, 0.3) is 0 Å². The van der Waals surface area contributed by atoms with E-state index < -0.39 is 11.8 Å². The quantitative estimate of drug-likeness (QED) is 0.366. The lowest BCUT2D eigenvalue weighted by Crippen LogP contribution is -2.41. The smallest absolute Gasteiger partial charge is 0.286 e. The monoisotopic (exact) mass is 355 g/mol. The van der Waals surface area contributed by atoms with Crippen LogP contribution in [0.1, 0.15) is 65.4 Å². The highest BCUT2D eigenvalue weighted by molar-refractivity contribution is 5.98. The first kappa shape index (κ1) is 19.4. The molecule has 2 amide bonds. The van der Waals surface area contributed by atoms with Crippen molar-refractivity contribution in [2.45, 2.75) is 45.4 Å². The van der Waals surface area contributed by atoms with Crippen LogP contribution in [0.5, 0.6) is 0 Å². The number of hydrogen-bond donors (Lipinski definition) is 3. The molecule has 2 rings (SSSR count). The molecule has 0 unspecified atom stereocenters. The summed E-state index contributed by atoms with van der Waals surface area (Å²) >= 11 is 0. The van der Waals surface area contributed by atoms with Crippen LogP contribution in [0.2, 0.25) is 0 Å². The van der Waals surface area contributed by atoms with E-state index in [0.29, 0.717) is 11.3 Å². The fourth-order valence-corrected chi connectivity index (χ4v) is 2.54. The number of H-pyrrole nitrogens is 1. The number of rotatable bonds is 9. The molecular weight excluding hydrogens is 330 g/mol. The number of aromatic amines is 1. The maximum absolute atomic E-state index is 12.2. The zero-order valence-electron chi connectivity index (χ0n) is 15.0. The van der Waals surface area contributed by atoms with E-state index in [2.05, 4.69) is 22.8 Å². The molecule has 0 spiro atoms. The molecule has 0 aliphatic heterocycles. The number of hydrazine groups is 1. The molecule has 3 N–H and O–H groups in total. The van der Waals surface area contributed by atoms with Gasteiger partial charge in [-0.05, 0) is 30.5 Å².